The van der Waals surface area contributed by atoms with Gasteiger partial charge in [-0.2, -0.15) is 0 Å². The quantitative estimate of drug-likeness (QED) is 0.127. The summed E-state index contributed by atoms with van der Waals surface area (Å²) in [6.07, 6.45) is 28.4. The van der Waals surface area contributed by atoms with Crippen LogP contribution in [0.1, 0.15) is 155 Å². The molecule has 0 radical (unpaired) electrons. The Morgan fingerprint density at radius 3 is 1.18 bits per heavy atom. The van der Waals surface area contributed by atoms with Crippen molar-refractivity contribution in [2.24, 2.45) is 0 Å². The average molecular weight is 397 g/mol. The molecule has 0 fully saturated rings. The lowest BCUT2D eigenvalue weighted by Crippen LogP contribution is -2.05. The summed E-state index contributed by atoms with van der Waals surface area (Å²) in [6, 6.07) is 0. The first-order valence-electron chi connectivity index (χ1n) is 13.0. The van der Waals surface area contributed by atoms with Gasteiger partial charge in [-0.3, -0.25) is 4.79 Å². The zero-order chi connectivity index (χ0) is 20.5. The van der Waals surface area contributed by atoms with Gasteiger partial charge in [-0.05, 0) is 12.8 Å². The van der Waals surface area contributed by atoms with Crippen LogP contribution in [0.4, 0.5) is 0 Å². The second-order valence-electron chi connectivity index (χ2n) is 8.69. The van der Waals surface area contributed by atoms with E-state index in [2.05, 4.69) is 13.8 Å². The van der Waals surface area contributed by atoms with Gasteiger partial charge in [0.25, 0.3) is 0 Å². The first-order valence-corrected chi connectivity index (χ1v) is 13.0. The normalized spacial score (nSPS) is 11.1. The van der Waals surface area contributed by atoms with E-state index in [1.807, 2.05) is 0 Å². The molecule has 0 amide bonds. The van der Waals surface area contributed by atoms with Crippen LogP contribution in [-0.2, 0) is 9.53 Å². The second-order valence-corrected chi connectivity index (χ2v) is 8.69. The maximum absolute atomic E-state index is 11.7. The lowest BCUT2D eigenvalue weighted by Gasteiger charge is -2.05. The Morgan fingerprint density at radius 1 is 0.464 bits per heavy atom. The van der Waals surface area contributed by atoms with E-state index in [-0.39, 0.29) is 5.97 Å². The summed E-state index contributed by atoms with van der Waals surface area (Å²) in [5.74, 6) is 0.0169. The Balaban J connectivity index is 3.11. The molecule has 0 saturated carbocycles. The molecule has 28 heavy (non-hydrogen) atoms. The molecule has 0 unspecified atom stereocenters. The summed E-state index contributed by atoms with van der Waals surface area (Å²) in [7, 11) is 0. The number of rotatable bonds is 23. The van der Waals surface area contributed by atoms with Crippen LogP contribution in [0.25, 0.3) is 0 Å². The minimum absolute atomic E-state index is 0.0169. The molecular weight excluding hydrogens is 344 g/mol. The molecule has 0 aromatic heterocycles. The zero-order valence-electron chi connectivity index (χ0n) is 19.6. The van der Waals surface area contributed by atoms with Crippen LogP contribution < -0.4 is 0 Å². The van der Waals surface area contributed by atoms with Gasteiger partial charge in [0.2, 0.25) is 0 Å². The molecule has 0 rings (SSSR count). The maximum Gasteiger partial charge on any atom is 0.305 e. The Labute approximate surface area is 177 Å². The predicted molar refractivity (Wildman–Crippen MR) is 124 cm³/mol. The molecule has 0 saturated heterocycles. The molecule has 0 spiro atoms. The summed E-state index contributed by atoms with van der Waals surface area (Å²) in [5.41, 5.74) is 0. The topological polar surface area (TPSA) is 26.3 Å². The molecular formula is C26H52O2. The van der Waals surface area contributed by atoms with Gasteiger partial charge in [-0.15, -0.1) is 0 Å². The first kappa shape index (κ1) is 27.5. The fourth-order valence-corrected chi connectivity index (χ4v) is 3.78. The van der Waals surface area contributed by atoms with Crippen LogP contribution in [0.5, 0.6) is 0 Å². The number of carbonyl (C=O) groups excluding carboxylic acids is 1. The summed E-state index contributed by atoms with van der Waals surface area (Å²) in [4.78, 5) is 11.7. The molecule has 2 nitrogen and oxygen atoms in total. The van der Waals surface area contributed by atoms with Crippen LogP contribution in [0, 0.1) is 0 Å². The van der Waals surface area contributed by atoms with Crippen LogP contribution in [-0.4, -0.2) is 12.6 Å². The molecule has 0 aromatic carbocycles. The van der Waals surface area contributed by atoms with Crippen molar-refractivity contribution in [2.75, 3.05) is 6.61 Å². The van der Waals surface area contributed by atoms with E-state index in [1.54, 1.807) is 0 Å². The van der Waals surface area contributed by atoms with E-state index in [0.717, 1.165) is 12.8 Å². The van der Waals surface area contributed by atoms with Crippen molar-refractivity contribution in [1.82, 2.24) is 0 Å². The van der Waals surface area contributed by atoms with Crippen molar-refractivity contribution >= 4 is 5.97 Å². The summed E-state index contributed by atoms with van der Waals surface area (Å²) < 4.78 is 5.36. The van der Waals surface area contributed by atoms with Crippen molar-refractivity contribution in [3.63, 3.8) is 0 Å². The maximum atomic E-state index is 11.7. The van der Waals surface area contributed by atoms with E-state index in [0.29, 0.717) is 13.0 Å². The third-order valence-electron chi connectivity index (χ3n) is 5.75. The van der Waals surface area contributed by atoms with Gasteiger partial charge >= 0.3 is 5.97 Å². The van der Waals surface area contributed by atoms with E-state index in [4.69, 9.17) is 4.74 Å². The van der Waals surface area contributed by atoms with E-state index in [9.17, 15) is 4.79 Å². The Kier molecular flexibility index (Phi) is 24.0. The molecule has 0 atom stereocenters. The van der Waals surface area contributed by atoms with Crippen molar-refractivity contribution < 1.29 is 9.53 Å². The number of esters is 1. The minimum atomic E-state index is 0.0169. The van der Waals surface area contributed by atoms with Gasteiger partial charge in [0.15, 0.2) is 0 Å². The van der Waals surface area contributed by atoms with Crippen molar-refractivity contribution in [1.29, 1.82) is 0 Å². The highest BCUT2D eigenvalue weighted by molar-refractivity contribution is 5.69. The lowest BCUT2D eigenvalue weighted by atomic mass is 10.0. The van der Waals surface area contributed by atoms with Gasteiger partial charge in [0.05, 0.1) is 6.61 Å². The van der Waals surface area contributed by atoms with Crippen molar-refractivity contribution in [3.05, 3.63) is 0 Å². The highest BCUT2D eigenvalue weighted by Crippen LogP contribution is 2.13. The number of carbonyl (C=O) groups is 1. The molecule has 0 aliphatic carbocycles. The van der Waals surface area contributed by atoms with Crippen molar-refractivity contribution in [3.8, 4) is 0 Å². The van der Waals surface area contributed by atoms with Gasteiger partial charge in [0.1, 0.15) is 0 Å². The van der Waals surface area contributed by atoms with Gasteiger partial charge in [-0.25, -0.2) is 0 Å². The van der Waals surface area contributed by atoms with Crippen LogP contribution in [0.2, 0.25) is 0 Å². The SMILES string of the molecule is CCCCCCCCCCCCCCCCOC(=O)CCCCCCCCC. The largest absolute Gasteiger partial charge is 0.466 e. The summed E-state index contributed by atoms with van der Waals surface area (Å²) in [5, 5.41) is 0. The molecule has 0 N–H and O–H groups in total. The zero-order valence-corrected chi connectivity index (χ0v) is 19.6. The van der Waals surface area contributed by atoms with Crippen LogP contribution >= 0.6 is 0 Å². The molecule has 0 bridgehead atoms. The molecule has 168 valence electrons. The minimum Gasteiger partial charge on any atom is -0.466 e. The van der Waals surface area contributed by atoms with Crippen LogP contribution in [0.3, 0.4) is 0 Å². The lowest BCUT2D eigenvalue weighted by molar-refractivity contribution is -0.143. The standard InChI is InChI=1S/C26H52O2/c1-3-5-7-9-11-12-13-14-15-16-17-19-21-23-25-28-26(27)24-22-20-18-10-8-6-4-2/h3-25H2,1-2H3. The van der Waals surface area contributed by atoms with E-state index in [1.165, 1.54) is 122 Å². The number of unbranched alkanes of at least 4 members (excludes halogenated alkanes) is 19. The van der Waals surface area contributed by atoms with Gasteiger partial charge in [0, 0.05) is 6.42 Å². The molecule has 0 aliphatic rings. The molecule has 0 aromatic rings. The van der Waals surface area contributed by atoms with Crippen LogP contribution in [0.15, 0.2) is 0 Å². The highest BCUT2D eigenvalue weighted by Gasteiger charge is 2.02. The summed E-state index contributed by atoms with van der Waals surface area (Å²) in [6.45, 7) is 5.16. The van der Waals surface area contributed by atoms with Gasteiger partial charge in [-0.1, -0.05) is 136 Å². The van der Waals surface area contributed by atoms with E-state index < -0.39 is 0 Å². The Morgan fingerprint density at radius 2 is 0.786 bits per heavy atom. The second kappa shape index (κ2) is 24.5. The van der Waals surface area contributed by atoms with Crippen molar-refractivity contribution in [2.45, 2.75) is 155 Å². The first-order chi connectivity index (χ1) is 13.8. The Hall–Kier alpha value is -0.530. The fraction of sp³-hybridized carbons (Fsp3) is 0.962. The highest BCUT2D eigenvalue weighted by atomic mass is 16.5. The number of hydrogen-bond donors (Lipinski definition) is 0. The number of hydrogen-bond acceptors (Lipinski definition) is 2. The summed E-state index contributed by atoms with van der Waals surface area (Å²) >= 11 is 0. The monoisotopic (exact) mass is 396 g/mol. The molecule has 0 heterocycles. The van der Waals surface area contributed by atoms with Gasteiger partial charge < -0.3 is 4.74 Å². The third-order valence-corrected chi connectivity index (χ3v) is 5.75. The Bertz CT molecular complexity index is 301. The van der Waals surface area contributed by atoms with E-state index >= 15 is 0 Å². The molecule has 0 aliphatic heterocycles. The molecule has 2 heteroatoms. The average Bonchev–Trinajstić information content (AvgIpc) is 2.70. The number of ether oxygens (including phenoxy) is 1. The smallest absolute Gasteiger partial charge is 0.305 e. The predicted octanol–water partition coefficient (Wildman–Crippen LogP) is 9.15. The fourth-order valence-electron chi connectivity index (χ4n) is 3.78. The third kappa shape index (κ3) is 23.5.